The second kappa shape index (κ2) is 8.00. The van der Waals surface area contributed by atoms with Gasteiger partial charge in [-0.05, 0) is 44.6 Å². The van der Waals surface area contributed by atoms with Gasteiger partial charge in [0.05, 0.1) is 5.69 Å². The van der Waals surface area contributed by atoms with Gasteiger partial charge < -0.3 is 4.90 Å². The average molecular weight is 338 g/mol. The van der Waals surface area contributed by atoms with Crippen LogP contribution in [-0.4, -0.2) is 33.2 Å². The third-order valence-corrected chi connectivity index (χ3v) is 4.82. The fourth-order valence-electron chi connectivity index (χ4n) is 3.19. The van der Waals surface area contributed by atoms with E-state index in [4.69, 9.17) is 11.6 Å². The van der Waals surface area contributed by atoms with Gasteiger partial charge in [-0.3, -0.25) is 9.48 Å². The number of likely N-dealkylation sites (tertiary alicyclic amines) is 1. The van der Waals surface area contributed by atoms with Gasteiger partial charge in [0, 0.05) is 30.8 Å². The largest absolute Gasteiger partial charge is 0.336 e. The Morgan fingerprint density at radius 3 is 2.83 bits per heavy atom. The van der Waals surface area contributed by atoms with E-state index in [0.29, 0.717) is 17.1 Å². The zero-order chi connectivity index (χ0) is 17.0. The molecular formula is C18H28ClN3O. The lowest BCUT2D eigenvalue weighted by atomic mass is 10.00. The van der Waals surface area contributed by atoms with Gasteiger partial charge in [-0.1, -0.05) is 32.4 Å². The van der Waals surface area contributed by atoms with Crippen LogP contribution in [-0.2, 0) is 11.3 Å². The molecule has 4 nitrogen and oxygen atoms in total. The zero-order valence-electron chi connectivity index (χ0n) is 14.7. The molecule has 0 spiro atoms. The third kappa shape index (κ3) is 4.37. The lowest BCUT2D eigenvalue weighted by molar-refractivity contribution is -0.129. The molecule has 1 atom stereocenters. The van der Waals surface area contributed by atoms with Gasteiger partial charge in [-0.15, -0.1) is 0 Å². The molecule has 0 radical (unpaired) electrons. The monoisotopic (exact) mass is 337 g/mol. The van der Waals surface area contributed by atoms with Gasteiger partial charge in [0.15, 0.2) is 0 Å². The molecule has 0 N–H and O–H groups in total. The van der Waals surface area contributed by atoms with Gasteiger partial charge >= 0.3 is 0 Å². The molecule has 128 valence electrons. The Morgan fingerprint density at radius 2 is 2.17 bits per heavy atom. The van der Waals surface area contributed by atoms with Crippen molar-refractivity contribution in [2.24, 2.45) is 5.92 Å². The van der Waals surface area contributed by atoms with Crippen molar-refractivity contribution < 1.29 is 4.79 Å². The summed E-state index contributed by atoms with van der Waals surface area (Å²) in [6, 6.07) is 0.376. The molecule has 1 aliphatic rings. The topological polar surface area (TPSA) is 38.1 Å². The molecule has 1 aromatic heterocycles. The molecule has 1 fully saturated rings. The van der Waals surface area contributed by atoms with Gasteiger partial charge in [-0.2, -0.15) is 5.10 Å². The minimum atomic E-state index is 0.0867. The second-order valence-electron chi connectivity index (χ2n) is 6.79. The average Bonchev–Trinajstić information content (AvgIpc) is 2.78. The Labute approximate surface area is 144 Å². The normalized spacial score (nSPS) is 19.0. The van der Waals surface area contributed by atoms with E-state index < -0.39 is 0 Å². The summed E-state index contributed by atoms with van der Waals surface area (Å²) in [7, 11) is 0. The minimum Gasteiger partial charge on any atom is -0.336 e. The number of hydrogen-bond donors (Lipinski definition) is 0. The summed E-state index contributed by atoms with van der Waals surface area (Å²) < 4.78 is 1.82. The fourth-order valence-corrected chi connectivity index (χ4v) is 3.50. The van der Waals surface area contributed by atoms with Crippen LogP contribution in [0.3, 0.4) is 0 Å². The van der Waals surface area contributed by atoms with Crippen LogP contribution in [0.15, 0.2) is 6.08 Å². The Bertz CT molecular complexity index is 577. The number of amides is 1. The summed E-state index contributed by atoms with van der Waals surface area (Å²) in [5, 5.41) is 5.10. The van der Waals surface area contributed by atoms with Crippen molar-refractivity contribution in [2.75, 3.05) is 6.54 Å². The van der Waals surface area contributed by atoms with Crippen LogP contribution in [0.25, 0.3) is 6.08 Å². The van der Waals surface area contributed by atoms with E-state index in [1.807, 2.05) is 22.6 Å². The lowest BCUT2D eigenvalue weighted by Crippen LogP contribution is -2.42. The Morgan fingerprint density at radius 1 is 1.43 bits per heavy atom. The van der Waals surface area contributed by atoms with Crippen molar-refractivity contribution in [3.05, 3.63) is 22.5 Å². The van der Waals surface area contributed by atoms with Gasteiger partial charge in [0.2, 0.25) is 5.91 Å². The van der Waals surface area contributed by atoms with Crippen molar-refractivity contribution in [3.63, 3.8) is 0 Å². The van der Waals surface area contributed by atoms with Crippen LogP contribution < -0.4 is 0 Å². The standard InChI is InChI=1S/C18H28ClN3O/c1-5-15-8-6-7-11-21(15)17(23)10-9-16-14(4)20-22(18(16)19)12-13(2)3/h9-10,13,15H,5-8,11-12H2,1-4H3/b10-9+. The Kier molecular flexibility index (Phi) is 6.28. The molecule has 1 amide bonds. The Balaban J connectivity index is 2.13. The van der Waals surface area contributed by atoms with E-state index >= 15 is 0 Å². The van der Waals surface area contributed by atoms with Crippen LogP contribution in [0, 0.1) is 12.8 Å². The van der Waals surface area contributed by atoms with E-state index in [2.05, 4.69) is 25.9 Å². The minimum absolute atomic E-state index is 0.0867. The molecule has 0 aliphatic carbocycles. The second-order valence-corrected chi connectivity index (χ2v) is 7.15. The quantitative estimate of drug-likeness (QED) is 0.751. The highest BCUT2D eigenvalue weighted by molar-refractivity contribution is 6.31. The number of piperidine rings is 1. The van der Waals surface area contributed by atoms with Crippen LogP contribution in [0.5, 0.6) is 0 Å². The van der Waals surface area contributed by atoms with Crippen molar-refractivity contribution in [3.8, 4) is 0 Å². The molecule has 2 heterocycles. The summed E-state index contributed by atoms with van der Waals surface area (Å²) in [5.74, 6) is 0.563. The summed E-state index contributed by atoms with van der Waals surface area (Å²) in [6.45, 7) is 9.99. The summed E-state index contributed by atoms with van der Waals surface area (Å²) in [4.78, 5) is 14.5. The lowest BCUT2D eigenvalue weighted by Gasteiger charge is -2.34. The van der Waals surface area contributed by atoms with E-state index in [9.17, 15) is 4.79 Å². The van der Waals surface area contributed by atoms with Crippen LogP contribution in [0.2, 0.25) is 5.15 Å². The molecule has 1 unspecified atom stereocenters. The number of aromatic nitrogens is 2. The van der Waals surface area contributed by atoms with E-state index in [1.165, 1.54) is 6.42 Å². The number of carbonyl (C=O) groups is 1. The molecule has 0 saturated carbocycles. The SMILES string of the molecule is CCC1CCCCN1C(=O)/C=C/c1c(C)nn(CC(C)C)c1Cl. The number of aryl methyl sites for hydroxylation is 1. The summed E-state index contributed by atoms with van der Waals surface area (Å²) >= 11 is 6.42. The molecule has 1 saturated heterocycles. The molecule has 23 heavy (non-hydrogen) atoms. The maximum Gasteiger partial charge on any atom is 0.246 e. The predicted molar refractivity (Wildman–Crippen MR) is 95.5 cm³/mol. The van der Waals surface area contributed by atoms with Crippen molar-refractivity contribution >= 4 is 23.6 Å². The van der Waals surface area contributed by atoms with E-state index in [-0.39, 0.29) is 5.91 Å². The van der Waals surface area contributed by atoms with Gasteiger partial charge in [-0.25, -0.2) is 0 Å². The van der Waals surface area contributed by atoms with Crippen LogP contribution in [0.4, 0.5) is 0 Å². The highest BCUT2D eigenvalue weighted by Gasteiger charge is 2.23. The third-order valence-electron chi connectivity index (χ3n) is 4.42. The van der Waals surface area contributed by atoms with Crippen molar-refractivity contribution in [1.82, 2.24) is 14.7 Å². The maximum atomic E-state index is 12.5. The zero-order valence-corrected chi connectivity index (χ0v) is 15.4. The molecular weight excluding hydrogens is 310 g/mol. The summed E-state index contributed by atoms with van der Waals surface area (Å²) in [5.41, 5.74) is 1.72. The van der Waals surface area contributed by atoms with E-state index in [1.54, 1.807) is 6.08 Å². The summed E-state index contributed by atoms with van der Waals surface area (Å²) in [6.07, 6.45) is 7.93. The molecule has 0 aromatic carbocycles. The molecule has 5 heteroatoms. The number of halogens is 1. The van der Waals surface area contributed by atoms with Crippen LogP contribution in [0.1, 0.15) is 57.7 Å². The first-order valence-corrected chi connectivity index (χ1v) is 9.03. The highest BCUT2D eigenvalue weighted by Crippen LogP contribution is 2.23. The number of nitrogens with zero attached hydrogens (tertiary/aromatic N) is 3. The smallest absolute Gasteiger partial charge is 0.246 e. The molecule has 0 bridgehead atoms. The number of hydrogen-bond acceptors (Lipinski definition) is 2. The predicted octanol–water partition coefficient (Wildman–Crippen LogP) is 4.31. The number of rotatable bonds is 5. The highest BCUT2D eigenvalue weighted by atomic mass is 35.5. The van der Waals surface area contributed by atoms with Gasteiger partial charge in [0.25, 0.3) is 0 Å². The first kappa shape index (κ1) is 18.1. The molecule has 2 rings (SSSR count). The first-order chi connectivity index (χ1) is 10.9. The first-order valence-electron chi connectivity index (χ1n) is 8.65. The van der Waals surface area contributed by atoms with Crippen molar-refractivity contribution in [1.29, 1.82) is 0 Å². The molecule has 1 aromatic rings. The number of carbonyl (C=O) groups excluding carboxylic acids is 1. The van der Waals surface area contributed by atoms with Crippen LogP contribution >= 0.6 is 11.6 Å². The van der Waals surface area contributed by atoms with Crippen molar-refractivity contribution in [2.45, 2.75) is 66.0 Å². The fraction of sp³-hybridized carbons (Fsp3) is 0.667. The maximum absolute atomic E-state index is 12.5. The Hall–Kier alpha value is -1.29. The van der Waals surface area contributed by atoms with E-state index in [0.717, 1.165) is 43.6 Å². The molecule has 1 aliphatic heterocycles. The van der Waals surface area contributed by atoms with Gasteiger partial charge in [0.1, 0.15) is 5.15 Å².